The number of carbonyl (C=O) groups excluding carboxylic acids is 2. The van der Waals surface area contributed by atoms with Gasteiger partial charge in [-0.25, -0.2) is 0 Å². The number of aryl methyl sites for hydroxylation is 2. The Morgan fingerprint density at radius 1 is 1.04 bits per heavy atom. The van der Waals surface area contributed by atoms with Crippen molar-refractivity contribution in [1.29, 1.82) is 0 Å². The SMILES string of the molecule is COc1cccc(CCc2cc(NC(=O)c3ccc(NC(C)=O)cc3)[nH]n2)c1. The molecule has 7 heteroatoms. The quantitative estimate of drug-likeness (QED) is 0.587. The highest BCUT2D eigenvalue weighted by Gasteiger charge is 2.09. The van der Waals surface area contributed by atoms with E-state index in [1.165, 1.54) is 6.92 Å². The predicted molar refractivity (Wildman–Crippen MR) is 108 cm³/mol. The van der Waals surface area contributed by atoms with E-state index in [2.05, 4.69) is 20.8 Å². The third kappa shape index (κ3) is 5.20. The lowest BCUT2D eigenvalue weighted by Gasteiger charge is -2.05. The summed E-state index contributed by atoms with van der Waals surface area (Å²) in [7, 11) is 1.65. The van der Waals surface area contributed by atoms with Gasteiger partial charge < -0.3 is 15.4 Å². The molecule has 28 heavy (non-hydrogen) atoms. The first-order valence-electron chi connectivity index (χ1n) is 8.90. The number of aromatic nitrogens is 2. The maximum atomic E-state index is 12.3. The number of ether oxygens (including phenoxy) is 1. The molecule has 3 N–H and O–H groups in total. The zero-order chi connectivity index (χ0) is 19.9. The molecule has 0 atom stereocenters. The van der Waals surface area contributed by atoms with Crippen LogP contribution in [0.2, 0.25) is 0 Å². The van der Waals surface area contributed by atoms with Crippen LogP contribution >= 0.6 is 0 Å². The number of aromatic amines is 1. The normalized spacial score (nSPS) is 10.4. The smallest absolute Gasteiger partial charge is 0.256 e. The Bertz CT molecular complexity index is 964. The first-order chi connectivity index (χ1) is 13.5. The van der Waals surface area contributed by atoms with E-state index >= 15 is 0 Å². The van der Waals surface area contributed by atoms with Crippen LogP contribution in [0.4, 0.5) is 11.5 Å². The van der Waals surface area contributed by atoms with Gasteiger partial charge in [0.15, 0.2) is 0 Å². The van der Waals surface area contributed by atoms with Gasteiger partial charge in [-0.2, -0.15) is 5.10 Å². The number of benzene rings is 2. The zero-order valence-corrected chi connectivity index (χ0v) is 15.8. The van der Waals surface area contributed by atoms with Gasteiger partial charge >= 0.3 is 0 Å². The second kappa shape index (κ2) is 8.85. The van der Waals surface area contributed by atoms with Crippen LogP contribution in [0.15, 0.2) is 54.6 Å². The molecule has 3 aromatic rings. The number of hydrogen-bond donors (Lipinski definition) is 3. The van der Waals surface area contributed by atoms with Crippen molar-refractivity contribution in [2.75, 3.05) is 17.7 Å². The van der Waals surface area contributed by atoms with Crippen molar-refractivity contribution >= 4 is 23.3 Å². The van der Waals surface area contributed by atoms with Crippen LogP contribution in [-0.4, -0.2) is 29.1 Å². The number of rotatable bonds is 7. The van der Waals surface area contributed by atoms with E-state index in [9.17, 15) is 9.59 Å². The van der Waals surface area contributed by atoms with E-state index in [1.807, 2.05) is 30.3 Å². The molecule has 0 aliphatic carbocycles. The minimum Gasteiger partial charge on any atom is -0.497 e. The van der Waals surface area contributed by atoms with Gasteiger partial charge in [-0.05, 0) is 54.8 Å². The molecule has 0 spiro atoms. The summed E-state index contributed by atoms with van der Waals surface area (Å²) in [6.07, 6.45) is 1.56. The van der Waals surface area contributed by atoms with Crippen molar-refractivity contribution in [3.05, 3.63) is 71.4 Å². The fourth-order valence-electron chi connectivity index (χ4n) is 2.76. The van der Waals surface area contributed by atoms with Gasteiger partial charge in [0.25, 0.3) is 5.91 Å². The molecule has 0 aliphatic rings. The molecule has 2 aromatic carbocycles. The van der Waals surface area contributed by atoms with Crippen molar-refractivity contribution in [2.24, 2.45) is 0 Å². The molecular formula is C21H22N4O3. The van der Waals surface area contributed by atoms with Crippen LogP contribution in [0, 0.1) is 0 Å². The van der Waals surface area contributed by atoms with Gasteiger partial charge in [-0.15, -0.1) is 0 Å². The highest BCUT2D eigenvalue weighted by molar-refractivity contribution is 6.04. The lowest BCUT2D eigenvalue weighted by molar-refractivity contribution is -0.114. The second-order valence-corrected chi connectivity index (χ2v) is 6.34. The highest BCUT2D eigenvalue weighted by atomic mass is 16.5. The summed E-state index contributed by atoms with van der Waals surface area (Å²) in [6.45, 7) is 1.44. The standard InChI is InChI=1S/C21H22N4O3/c1-14(26)22-17-10-7-16(8-11-17)21(27)23-20-13-18(24-25-20)9-6-15-4-3-5-19(12-15)28-2/h3-5,7-8,10-13H,6,9H2,1-2H3,(H,22,26)(H2,23,24,25,27). The predicted octanol–water partition coefficient (Wildman–Crippen LogP) is 3.41. The van der Waals surface area contributed by atoms with E-state index in [1.54, 1.807) is 31.4 Å². The van der Waals surface area contributed by atoms with E-state index < -0.39 is 0 Å². The summed E-state index contributed by atoms with van der Waals surface area (Å²) >= 11 is 0. The number of methoxy groups -OCH3 is 1. The number of nitrogens with one attached hydrogen (secondary N) is 3. The summed E-state index contributed by atoms with van der Waals surface area (Å²) in [5, 5.41) is 12.5. The van der Waals surface area contributed by atoms with Crippen molar-refractivity contribution in [3.63, 3.8) is 0 Å². The summed E-state index contributed by atoms with van der Waals surface area (Å²) in [5.41, 5.74) is 3.15. The van der Waals surface area contributed by atoms with Gasteiger partial charge in [0.1, 0.15) is 11.6 Å². The largest absolute Gasteiger partial charge is 0.497 e. The average molecular weight is 378 g/mol. The van der Waals surface area contributed by atoms with Crippen LogP contribution in [0.5, 0.6) is 5.75 Å². The summed E-state index contributed by atoms with van der Waals surface area (Å²) < 4.78 is 5.23. The highest BCUT2D eigenvalue weighted by Crippen LogP contribution is 2.16. The molecule has 7 nitrogen and oxygen atoms in total. The molecule has 3 rings (SSSR count). The number of anilines is 2. The number of carbonyl (C=O) groups is 2. The van der Waals surface area contributed by atoms with Gasteiger partial charge in [0, 0.05) is 24.2 Å². The van der Waals surface area contributed by atoms with Gasteiger partial charge in [0.05, 0.1) is 12.8 Å². The maximum absolute atomic E-state index is 12.3. The molecule has 1 aromatic heterocycles. The Balaban J connectivity index is 1.56. The van der Waals surface area contributed by atoms with E-state index in [0.29, 0.717) is 17.1 Å². The molecule has 1 heterocycles. The molecule has 0 fully saturated rings. The Morgan fingerprint density at radius 2 is 1.82 bits per heavy atom. The Morgan fingerprint density at radius 3 is 2.54 bits per heavy atom. The molecule has 0 unspecified atom stereocenters. The minimum absolute atomic E-state index is 0.156. The molecule has 0 radical (unpaired) electrons. The monoisotopic (exact) mass is 378 g/mol. The van der Waals surface area contributed by atoms with Crippen LogP contribution < -0.4 is 15.4 Å². The fourth-order valence-corrected chi connectivity index (χ4v) is 2.76. The van der Waals surface area contributed by atoms with Crippen LogP contribution in [0.25, 0.3) is 0 Å². The third-order valence-corrected chi connectivity index (χ3v) is 4.15. The van der Waals surface area contributed by atoms with Gasteiger partial charge in [-0.1, -0.05) is 12.1 Å². The van der Waals surface area contributed by atoms with Gasteiger partial charge in [-0.3, -0.25) is 14.7 Å². The minimum atomic E-state index is -0.252. The fraction of sp³-hybridized carbons (Fsp3) is 0.190. The first kappa shape index (κ1) is 19.2. The number of hydrogen-bond acceptors (Lipinski definition) is 4. The van der Waals surface area contributed by atoms with Crippen molar-refractivity contribution < 1.29 is 14.3 Å². The summed E-state index contributed by atoms with van der Waals surface area (Å²) in [6, 6.07) is 16.4. The molecule has 0 saturated heterocycles. The number of amides is 2. The number of nitrogens with zero attached hydrogens (tertiary/aromatic N) is 1. The van der Waals surface area contributed by atoms with Crippen LogP contribution in [0.1, 0.15) is 28.5 Å². The first-order valence-corrected chi connectivity index (χ1v) is 8.90. The van der Waals surface area contributed by atoms with Crippen molar-refractivity contribution in [2.45, 2.75) is 19.8 Å². The molecule has 0 saturated carbocycles. The topological polar surface area (TPSA) is 96.1 Å². The number of H-pyrrole nitrogens is 1. The molecule has 0 aliphatic heterocycles. The third-order valence-electron chi connectivity index (χ3n) is 4.15. The van der Waals surface area contributed by atoms with Crippen LogP contribution in [-0.2, 0) is 17.6 Å². The Hall–Kier alpha value is -3.61. The second-order valence-electron chi connectivity index (χ2n) is 6.34. The van der Waals surface area contributed by atoms with Crippen molar-refractivity contribution in [3.8, 4) is 5.75 Å². The summed E-state index contributed by atoms with van der Waals surface area (Å²) in [4.78, 5) is 23.4. The van der Waals surface area contributed by atoms with E-state index in [4.69, 9.17) is 4.74 Å². The van der Waals surface area contributed by atoms with E-state index in [-0.39, 0.29) is 11.8 Å². The van der Waals surface area contributed by atoms with Crippen LogP contribution in [0.3, 0.4) is 0 Å². The lowest BCUT2D eigenvalue weighted by atomic mass is 10.1. The Kier molecular flexibility index (Phi) is 6.06. The molecule has 2 amide bonds. The molecule has 144 valence electrons. The molecule has 0 bridgehead atoms. The van der Waals surface area contributed by atoms with Crippen molar-refractivity contribution in [1.82, 2.24) is 10.2 Å². The average Bonchev–Trinajstić information content (AvgIpc) is 3.14. The maximum Gasteiger partial charge on any atom is 0.256 e. The molecular weight excluding hydrogens is 356 g/mol. The zero-order valence-electron chi connectivity index (χ0n) is 15.8. The lowest BCUT2D eigenvalue weighted by Crippen LogP contribution is -2.12. The Labute approximate surface area is 163 Å². The van der Waals surface area contributed by atoms with E-state index in [0.717, 1.165) is 29.8 Å². The summed E-state index contributed by atoms with van der Waals surface area (Å²) in [5.74, 6) is 0.960. The van der Waals surface area contributed by atoms with Gasteiger partial charge in [0.2, 0.25) is 5.91 Å².